The van der Waals surface area contributed by atoms with Crippen molar-refractivity contribution < 1.29 is 66.4 Å². The van der Waals surface area contributed by atoms with Crippen LogP contribution in [0.3, 0.4) is 0 Å². The van der Waals surface area contributed by atoms with E-state index in [2.05, 4.69) is 17.6 Å². The van der Waals surface area contributed by atoms with Gasteiger partial charge in [0, 0.05) is 19.6 Å². The number of rotatable bonds is 46. The van der Waals surface area contributed by atoms with Crippen molar-refractivity contribution in [3.05, 3.63) is 0 Å². The van der Waals surface area contributed by atoms with E-state index in [9.17, 15) is 9.59 Å². The van der Waals surface area contributed by atoms with Gasteiger partial charge in [-0.05, 0) is 39.7 Å². The fourth-order valence-corrected chi connectivity index (χ4v) is 4.27. The summed E-state index contributed by atoms with van der Waals surface area (Å²) in [6.45, 7) is 16.6. The lowest BCUT2D eigenvalue weighted by Gasteiger charge is -2.12. The molecule has 0 radical (unpaired) electrons. The molecule has 0 aromatic rings. The second-order valence-electron chi connectivity index (χ2n) is 11.7. The Hall–Kier alpha value is -1.38. The summed E-state index contributed by atoms with van der Waals surface area (Å²) in [5, 5.41) is 5.87. The number of amides is 1. The van der Waals surface area contributed by atoms with E-state index in [1.54, 1.807) is 14.0 Å². The van der Waals surface area contributed by atoms with E-state index in [1.807, 2.05) is 0 Å². The Morgan fingerprint density at radius 1 is 0.434 bits per heavy atom. The number of Topliss-reactive ketones (excluding diaryl/α,β-unsaturated/α-hetero) is 1. The lowest BCUT2D eigenvalue weighted by molar-refractivity contribution is -0.122. The van der Waals surface area contributed by atoms with E-state index in [4.69, 9.17) is 56.8 Å². The van der Waals surface area contributed by atoms with Gasteiger partial charge in [0.1, 0.15) is 5.78 Å². The van der Waals surface area contributed by atoms with Crippen molar-refractivity contribution >= 4 is 11.7 Å². The van der Waals surface area contributed by atoms with Gasteiger partial charge in [0.25, 0.3) is 0 Å². The Bertz CT molecular complexity index is 756. The Morgan fingerprint density at radius 3 is 1.02 bits per heavy atom. The van der Waals surface area contributed by atoms with Gasteiger partial charge < -0.3 is 67.5 Å². The van der Waals surface area contributed by atoms with Gasteiger partial charge in [0.05, 0.1) is 158 Å². The molecule has 0 fully saturated rings. The van der Waals surface area contributed by atoms with Crippen LogP contribution in [0.25, 0.3) is 0 Å². The summed E-state index contributed by atoms with van der Waals surface area (Å²) in [7, 11) is 1.79. The van der Waals surface area contributed by atoms with Crippen molar-refractivity contribution in [1.82, 2.24) is 10.6 Å². The molecule has 16 heteroatoms. The van der Waals surface area contributed by atoms with Crippen LogP contribution in [0.1, 0.15) is 52.4 Å². The molecule has 0 aliphatic heterocycles. The van der Waals surface area contributed by atoms with Gasteiger partial charge in [0.15, 0.2) is 0 Å². The topological polar surface area (TPSA) is 169 Å². The molecule has 2 N–H and O–H groups in total. The van der Waals surface area contributed by atoms with Gasteiger partial charge in [-0.15, -0.1) is 0 Å². The summed E-state index contributed by atoms with van der Waals surface area (Å²) in [4.78, 5) is 23.2. The molecule has 53 heavy (non-hydrogen) atoms. The number of likely N-dealkylation sites (N-methyl/N-ethyl adjacent to an activating group) is 1. The van der Waals surface area contributed by atoms with Crippen molar-refractivity contribution in [1.29, 1.82) is 0 Å². The highest BCUT2D eigenvalue weighted by Gasteiger charge is 2.10. The first-order valence-corrected chi connectivity index (χ1v) is 19.5. The zero-order valence-electron chi connectivity index (χ0n) is 33.2. The maximum absolute atomic E-state index is 11.9. The third kappa shape index (κ3) is 43.2. The number of hydrogen-bond acceptors (Lipinski definition) is 15. The molecule has 0 rings (SSSR count). The predicted octanol–water partition coefficient (Wildman–Crippen LogP) is 1.84. The maximum Gasteiger partial charge on any atom is 0.222 e. The Balaban J connectivity index is 3.14. The second-order valence-corrected chi connectivity index (χ2v) is 11.7. The molecule has 0 aliphatic carbocycles. The molecule has 0 aromatic carbocycles. The summed E-state index contributed by atoms with van der Waals surface area (Å²) in [6.07, 6.45) is 5.04. The van der Waals surface area contributed by atoms with Crippen LogP contribution in [-0.4, -0.2) is 190 Å². The Morgan fingerprint density at radius 2 is 0.736 bits per heavy atom. The summed E-state index contributed by atoms with van der Waals surface area (Å²) in [5.41, 5.74) is 0. The summed E-state index contributed by atoms with van der Waals surface area (Å²) in [5.74, 6) is 0.100. The minimum Gasteiger partial charge on any atom is -0.379 e. The first kappa shape index (κ1) is 51.6. The van der Waals surface area contributed by atoms with Crippen molar-refractivity contribution in [2.75, 3.05) is 172 Å². The molecular weight excluding hydrogens is 696 g/mol. The minimum atomic E-state index is -0.106. The Kier molecular flexibility index (Phi) is 43.8. The largest absolute Gasteiger partial charge is 0.379 e. The zero-order valence-corrected chi connectivity index (χ0v) is 33.2. The monoisotopic (exact) mass is 771 g/mol. The SMILES string of the molecule is CCCCOCCOCCOCCOCCOCCOCCOCCOCCOCCOCCOCCOCCC(=O)NCCCCC(NC)C(C)=O. The highest BCUT2D eigenvalue weighted by Crippen LogP contribution is 2.01. The molecule has 0 heterocycles. The van der Waals surface area contributed by atoms with E-state index in [0.29, 0.717) is 165 Å². The van der Waals surface area contributed by atoms with E-state index < -0.39 is 0 Å². The minimum absolute atomic E-state index is 0.0380. The number of hydrogen-bond donors (Lipinski definition) is 2. The number of nitrogens with one attached hydrogen (secondary N) is 2. The molecule has 1 atom stereocenters. The normalized spacial score (nSPS) is 12.1. The van der Waals surface area contributed by atoms with Crippen LogP contribution in [0, 0.1) is 0 Å². The molecule has 16 nitrogen and oxygen atoms in total. The third-order valence-electron chi connectivity index (χ3n) is 7.29. The molecular formula is C37H74N2O14. The van der Waals surface area contributed by atoms with Crippen molar-refractivity contribution in [2.24, 2.45) is 0 Å². The van der Waals surface area contributed by atoms with E-state index >= 15 is 0 Å². The van der Waals surface area contributed by atoms with Crippen LogP contribution in [-0.2, 0) is 66.4 Å². The van der Waals surface area contributed by atoms with Gasteiger partial charge in [0.2, 0.25) is 5.91 Å². The standard InChI is InChI=1S/C37H74N2O14/c1-4-5-11-42-13-15-44-17-19-46-21-23-48-25-27-50-29-31-52-33-34-53-32-30-51-28-26-49-24-22-47-20-18-45-16-14-43-12-9-37(41)39-10-7-6-8-36(38-3)35(2)40/h36,38H,4-34H2,1-3H3,(H,39,41). The van der Waals surface area contributed by atoms with E-state index in [0.717, 1.165) is 38.7 Å². The van der Waals surface area contributed by atoms with Crippen molar-refractivity contribution in [2.45, 2.75) is 58.4 Å². The first-order valence-electron chi connectivity index (χ1n) is 19.5. The molecule has 1 unspecified atom stereocenters. The summed E-state index contributed by atoms with van der Waals surface area (Å²) >= 11 is 0. The van der Waals surface area contributed by atoms with Crippen LogP contribution in [0.2, 0.25) is 0 Å². The smallest absolute Gasteiger partial charge is 0.222 e. The van der Waals surface area contributed by atoms with Gasteiger partial charge in [-0.3, -0.25) is 9.59 Å². The van der Waals surface area contributed by atoms with Gasteiger partial charge in [-0.1, -0.05) is 13.3 Å². The van der Waals surface area contributed by atoms with E-state index in [-0.39, 0.29) is 17.7 Å². The van der Waals surface area contributed by atoms with Crippen LogP contribution in [0.5, 0.6) is 0 Å². The average molecular weight is 771 g/mol. The van der Waals surface area contributed by atoms with Crippen molar-refractivity contribution in [3.63, 3.8) is 0 Å². The molecule has 0 saturated heterocycles. The van der Waals surface area contributed by atoms with Crippen molar-refractivity contribution in [3.8, 4) is 0 Å². The number of carbonyl (C=O) groups excluding carboxylic acids is 2. The van der Waals surface area contributed by atoms with Crippen LogP contribution < -0.4 is 10.6 Å². The number of ketones is 1. The average Bonchev–Trinajstić information content (AvgIpc) is 3.15. The number of carbonyl (C=O) groups is 2. The molecule has 0 aromatic heterocycles. The highest BCUT2D eigenvalue weighted by molar-refractivity contribution is 5.81. The molecule has 1 amide bonds. The lowest BCUT2D eigenvalue weighted by atomic mass is 10.1. The third-order valence-corrected chi connectivity index (χ3v) is 7.29. The fraction of sp³-hybridized carbons (Fsp3) is 0.946. The van der Waals surface area contributed by atoms with Crippen LogP contribution >= 0.6 is 0 Å². The van der Waals surface area contributed by atoms with Crippen LogP contribution in [0.15, 0.2) is 0 Å². The first-order chi connectivity index (χ1) is 26.1. The molecule has 0 aliphatic rings. The second kappa shape index (κ2) is 45.0. The van der Waals surface area contributed by atoms with Gasteiger partial charge >= 0.3 is 0 Å². The molecule has 0 saturated carbocycles. The molecule has 316 valence electrons. The quantitative estimate of drug-likeness (QED) is 0.0860. The zero-order chi connectivity index (χ0) is 38.6. The summed E-state index contributed by atoms with van der Waals surface area (Å²) < 4.78 is 65.6. The summed E-state index contributed by atoms with van der Waals surface area (Å²) in [6, 6.07) is -0.106. The molecule has 0 spiro atoms. The number of ether oxygens (including phenoxy) is 12. The van der Waals surface area contributed by atoms with Gasteiger partial charge in [-0.25, -0.2) is 0 Å². The Labute approximate surface area is 319 Å². The van der Waals surface area contributed by atoms with E-state index in [1.165, 1.54) is 0 Å². The lowest BCUT2D eigenvalue weighted by Crippen LogP contribution is -2.32. The number of unbranched alkanes of at least 4 members (excludes halogenated alkanes) is 2. The highest BCUT2D eigenvalue weighted by atomic mass is 16.6. The van der Waals surface area contributed by atoms with Crippen LogP contribution in [0.4, 0.5) is 0 Å². The molecule has 0 bridgehead atoms. The van der Waals surface area contributed by atoms with Gasteiger partial charge in [-0.2, -0.15) is 0 Å². The predicted molar refractivity (Wildman–Crippen MR) is 200 cm³/mol. The fourth-order valence-electron chi connectivity index (χ4n) is 4.27. The maximum atomic E-state index is 11.9.